The molecule has 0 spiro atoms. The molecular formula is C26H29Cl2F3N4O4S. The number of benzene rings is 2. The van der Waals surface area contributed by atoms with Gasteiger partial charge in [0.15, 0.2) is 0 Å². The molecule has 3 atom stereocenters. The molecule has 218 valence electrons. The lowest BCUT2D eigenvalue weighted by Gasteiger charge is -2.35. The quantitative estimate of drug-likeness (QED) is 0.426. The average Bonchev–Trinajstić information content (AvgIpc) is 3.59. The number of piperidine rings is 1. The Morgan fingerprint density at radius 3 is 2.42 bits per heavy atom. The Kier molecular flexibility index (Phi) is 9.11. The molecule has 2 fully saturated rings. The molecule has 2 aromatic carbocycles. The molecule has 1 heterocycles. The lowest BCUT2D eigenvalue weighted by atomic mass is 9.98. The summed E-state index contributed by atoms with van der Waals surface area (Å²) in [6, 6.07) is 7.24. The van der Waals surface area contributed by atoms with Crippen LogP contribution in [0.1, 0.15) is 31.7 Å². The number of sulfonamides is 1. The van der Waals surface area contributed by atoms with E-state index < -0.39 is 39.9 Å². The molecule has 0 radical (unpaired) electrons. The van der Waals surface area contributed by atoms with Gasteiger partial charge in [0.1, 0.15) is 6.54 Å². The fourth-order valence-electron chi connectivity index (χ4n) is 4.57. The number of amides is 3. The van der Waals surface area contributed by atoms with Crippen molar-refractivity contribution in [2.75, 3.05) is 30.5 Å². The minimum absolute atomic E-state index is 0.0708. The Balaban J connectivity index is 1.55. The Labute approximate surface area is 240 Å². The summed E-state index contributed by atoms with van der Waals surface area (Å²) in [6.07, 6.45) is -2.47. The van der Waals surface area contributed by atoms with Crippen LogP contribution in [0.4, 0.5) is 23.7 Å². The summed E-state index contributed by atoms with van der Waals surface area (Å²) >= 11 is 12.1. The van der Waals surface area contributed by atoms with Crippen molar-refractivity contribution in [3.05, 3.63) is 58.1 Å². The van der Waals surface area contributed by atoms with Gasteiger partial charge in [0.05, 0.1) is 21.2 Å². The Hall–Kier alpha value is -2.70. The van der Waals surface area contributed by atoms with Crippen molar-refractivity contribution in [1.29, 1.82) is 0 Å². The normalized spacial score (nSPS) is 21.1. The minimum Gasteiger partial charge on any atom is -0.341 e. The van der Waals surface area contributed by atoms with Gasteiger partial charge in [0, 0.05) is 30.7 Å². The molecule has 14 heteroatoms. The molecule has 2 aliphatic rings. The van der Waals surface area contributed by atoms with Gasteiger partial charge in [0.25, 0.3) is 10.0 Å². The van der Waals surface area contributed by atoms with Crippen LogP contribution in [0, 0.1) is 11.8 Å². The van der Waals surface area contributed by atoms with Gasteiger partial charge in [-0.3, -0.25) is 9.10 Å². The average molecular weight is 622 g/mol. The summed E-state index contributed by atoms with van der Waals surface area (Å²) in [5.74, 6) is -0.225. The van der Waals surface area contributed by atoms with Crippen LogP contribution >= 0.6 is 23.2 Å². The van der Waals surface area contributed by atoms with Gasteiger partial charge in [-0.25, -0.2) is 13.2 Å². The first-order chi connectivity index (χ1) is 18.8. The maximum Gasteiger partial charge on any atom is 0.416 e. The largest absolute Gasteiger partial charge is 0.416 e. The molecular weight excluding hydrogens is 592 g/mol. The number of anilines is 1. The molecule has 1 aliphatic heterocycles. The van der Waals surface area contributed by atoms with Crippen molar-refractivity contribution in [1.82, 2.24) is 15.5 Å². The van der Waals surface area contributed by atoms with E-state index in [1.54, 1.807) is 0 Å². The molecule has 0 aromatic heterocycles. The maximum absolute atomic E-state index is 13.7. The van der Waals surface area contributed by atoms with Crippen molar-refractivity contribution in [3.8, 4) is 0 Å². The minimum atomic E-state index is -4.77. The zero-order valence-corrected chi connectivity index (χ0v) is 23.9. The highest BCUT2D eigenvalue weighted by Crippen LogP contribution is 2.37. The number of carbonyl (C=O) groups is 2. The van der Waals surface area contributed by atoms with E-state index in [4.69, 9.17) is 23.2 Å². The molecule has 40 heavy (non-hydrogen) atoms. The van der Waals surface area contributed by atoms with E-state index in [0.29, 0.717) is 35.8 Å². The van der Waals surface area contributed by atoms with E-state index >= 15 is 0 Å². The number of hydrogen-bond donors (Lipinski definition) is 2. The first kappa shape index (κ1) is 30.3. The van der Waals surface area contributed by atoms with Crippen LogP contribution in [-0.4, -0.2) is 57.5 Å². The maximum atomic E-state index is 13.7. The summed E-state index contributed by atoms with van der Waals surface area (Å²) in [5.41, 5.74) is -1.58. The number of hydrogen-bond acceptors (Lipinski definition) is 4. The second kappa shape index (κ2) is 12.0. The predicted octanol–water partition coefficient (Wildman–Crippen LogP) is 5.15. The molecule has 8 nitrogen and oxygen atoms in total. The van der Waals surface area contributed by atoms with E-state index in [0.717, 1.165) is 25.0 Å². The van der Waals surface area contributed by atoms with E-state index in [1.165, 1.54) is 29.2 Å². The van der Waals surface area contributed by atoms with Crippen LogP contribution in [0.5, 0.6) is 0 Å². The zero-order valence-electron chi connectivity index (χ0n) is 21.5. The fraction of sp³-hybridized carbons (Fsp3) is 0.462. The molecule has 1 saturated heterocycles. The molecule has 2 N–H and O–H groups in total. The molecule has 2 aromatic rings. The lowest BCUT2D eigenvalue weighted by Crippen LogP contribution is -2.49. The topological polar surface area (TPSA) is 98.8 Å². The molecule has 3 amide bonds. The number of nitrogens with one attached hydrogen (secondary N) is 2. The lowest BCUT2D eigenvalue weighted by molar-refractivity contribution is -0.137. The van der Waals surface area contributed by atoms with E-state index in [2.05, 4.69) is 10.6 Å². The number of rotatable bonds is 8. The standard InChI is InChI=1S/C26H29Cl2F3N4O4S/c1-16-11-22(16)33-25(37)32-13-17-3-2-10-34(14-17)24(36)15-35(40(38,39)20-7-5-19(27)6-8-20)23-12-18(26(29,30)31)4-9-21(23)28/h4-9,12,16-17,22H,2-3,10-11,13-15H2,1H3,(H2,32,33,37). The van der Waals surface area contributed by atoms with Crippen LogP contribution in [-0.2, 0) is 21.0 Å². The van der Waals surface area contributed by atoms with Gasteiger partial charge >= 0.3 is 12.2 Å². The van der Waals surface area contributed by atoms with Gasteiger partial charge in [-0.1, -0.05) is 30.1 Å². The van der Waals surface area contributed by atoms with Crippen LogP contribution in [0.3, 0.4) is 0 Å². The summed E-state index contributed by atoms with van der Waals surface area (Å²) in [5, 5.41) is 5.68. The number of alkyl halides is 3. The summed E-state index contributed by atoms with van der Waals surface area (Å²) < 4.78 is 68.4. The third-order valence-electron chi connectivity index (χ3n) is 7.07. The third kappa shape index (κ3) is 7.32. The third-order valence-corrected chi connectivity index (χ3v) is 9.42. The summed E-state index contributed by atoms with van der Waals surface area (Å²) in [6.45, 7) is 2.18. The molecule has 0 bridgehead atoms. The number of nitrogens with zero attached hydrogens (tertiary/aromatic N) is 2. The van der Waals surface area contributed by atoms with Crippen LogP contribution < -0.4 is 14.9 Å². The molecule has 1 saturated carbocycles. The highest BCUT2D eigenvalue weighted by Gasteiger charge is 2.36. The van der Waals surface area contributed by atoms with Crippen molar-refractivity contribution in [2.45, 2.75) is 43.3 Å². The summed E-state index contributed by atoms with van der Waals surface area (Å²) in [4.78, 5) is 26.7. The molecule has 3 unspecified atom stereocenters. The zero-order chi connectivity index (χ0) is 29.2. The second-order valence-corrected chi connectivity index (χ2v) is 12.9. The first-order valence-corrected chi connectivity index (χ1v) is 14.9. The first-order valence-electron chi connectivity index (χ1n) is 12.7. The smallest absolute Gasteiger partial charge is 0.341 e. The van der Waals surface area contributed by atoms with Crippen molar-refractivity contribution in [3.63, 3.8) is 0 Å². The van der Waals surface area contributed by atoms with Crippen molar-refractivity contribution >= 4 is 50.9 Å². The number of halogens is 5. The second-order valence-electron chi connectivity index (χ2n) is 10.2. The van der Waals surface area contributed by atoms with Crippen molar-refractivity contribution < 1.29 is 31.2 Å². The Bertz CT molecular complexity index is 1360. The van der Waals surface area contributed by atoms with Gasteiger partial charge in [0.2, 0.25) is 5.91 Å². The van der Waals surface area contributed by atoms with Gasteiger partial charge < -0.3 is 15.5 Å². The van der Waals surface area contributed by atoms with E-state index in [-0.39, 0.29) is 39.5 Å². The van der Waals surface area contributed by atoms with Gasteiger partial charge in [-0.2, -0.15) is 13.2 Å². The van der Waals surface area contributed by atoms with E-state index in [9.17, 15) is 31.2 Å². The SMILES string of the molecule is CC1CC1NC(=O)NCC1CCCN(C(=O)CN(c2cc(C(F)(F)F)ccc2Cl)S(=O)(=O)c2ccc(Cl)cc2)C1. The van der Waals surface area contributed by atoms with Crippen LogP contribution in [0.25, 0.3) is 0 Å². The van der Waals surface area contributed by atoms with Crippen LogP contribution in [0.15, 0.2) is 47.4 Å². The predicted molar refractivity (Wildman–Crippen MR) is 146 cm³/mol. The van der Waals surface area contributed by atoms with Crippen molar-refractivity contribution in [2.24, 2.45) is 11.8 Å². The van der Waals surface area contributed by atoms with Gasteiger partial charge in [-0.05, 0) is 73.6 Å². The Morgan fingerprint density at radius 2 is 1.80 bits per heavy atom. The van der Waals surface area contributed by atoms with Gasteiger partial charge in [-0.15, -0.1) is 0 Å². The van der Waals surface area contributed by atoms with E-state index in [1.807, 2.05) is 6.92 Å². The molecule has 1 aliphatic carbocycles. The van der Waals surface area contributed by atoms with Crippen LogP contribution in [0.2, 0.25) is 10.0 Å². The monoisotopic (exact) mass is 620 g/mol. The number of urea groups is 1. The highest BCUT2D eigenvalue weighted by atomic mass is 35.5. The fourth-order valence-corrected chi connectivity index (χ4v) is 6.39. The molecule has 4 rings (SSSR count). The summed E-state index contributed by atoms with van der Waals surface area (Å²) in [7, 11) is -4.52. The number of carbonyl (C=O) groups excluding carboxylic acids is 2. The highest BCUT2D eigenvalue weighted by molar-refractivity contribution is 7.92. The number of likely N-dealkylation sites (tertiary alicyclic amines) is 1. The Morgan fingerprint density at radius 1 is 1.12 bits per heavy atom.